The maximum Gasteiger partial charge on any atom is 0.239 e. The fourth-order valence-corrected chi connectivity index (χ4v) is 2.39. The normalized spacial score (nSPS) is 17.8. The largest absolute Gasteiger partial charge is 0.340 e. The van der Waals surface area contributed by atoms with Gasteiger partial charge < -0.3 is 16.0 Å². The third-order valence-electron chi connectivity index (χ3n) is 3.56. The molecule has 1 aliphatic heterocycles. The number of nitrogens with one attached hydrogen (secondary N) is 1. The Kier molecular flexibility index (Phi) is 5.36. The third kappa shape index (κ3) is 4.33. The molecule has 0 radical (unpaired) electrons. The molecule has 1 aromatic rings. The lowest BCUT2D eigenvalue weighted by Crippen LogP contribution is -2.45. The molecule has 3 N–H and O–H groups in total. The summed E-state index contributed by atoms with van der Waals surface area (Å²) in [6.07, 6.45) is 2.59. The van der Waals surface area contributed by atoms with Crippen LogP contribution in [-0.2, 0) is 11.2 Å². The van der Waals surface area contributed by atoms with Crippen LogP contribution in [0.4, 0.5) is 0 Å². The molecule has 0 aromatic heterocycles. The van der Waals surface area contributed by atoms with Gasteiger partial charge in [-0.05, 0) is 31.4 Å². The van der Waals surface area contributed by atoms with Crippen LogP contribution in [0.3, 0.4) is 0 Å². The zero-order valence-corrected chi connectivity index (χ0v) is 11.3. The Balaban J connectivity index is 1.81. The maximum atomic E-state index is 12.2. The van der Waals surface area contributed by atoms with Crippen molar-refractivity contribution in [3.63, 3.8) is 0 Å². The second-order valence-electron chi connectivity index (χ2n) is 5.06. The van der Waals surface area contributed by atoms with Gasteiger partial charge in [0.15, 0.2) is 0 Å². The standard InChI is InChI=1S/C15H23N3O/c16-14(8-7-13-5-2-1-3-6-13)15(19)18-11-4-9-17-10-12-18/h1-3,5-6,14,17H,4,7-12,16H2. The summed E-state index contributed by atoms with van der Waals surface area (Å²) in [7, 11) is 0. The minimum Gasteiger partial charge on any atom is -0.340 e. The first kappa shape index (κ1) is 14.0. The summed E-state index contributed by atoms with van der Waals surface area (Å²) in [6.45, 7) is 3.46. The van der Waals surface area contributed by atoms with Crippen molar-refractivity contribution >= 4 is 5.91 Å². The lowest BCUT2D eigenvalue weighted by atomic mass is 10.0. The second kappa shape index (κ2) is 7.26. The number of carbonyl (C=O) groups is 1. The zero-order valence-electron chi connectivity index (χ0n) is 11.3. The first-order chi connectivity index (χ1) is 9.27. The molecule has 0 saturated carbocycles. The van der Waals surface area contributed by atoms with E-state index in [1.807, 2.05) is 23.1 Å². The molecule has 0 aliphatic carbocycles. The van der Waals surface area contributed by atoms with Gasteiger partial charge in [-0.1, -0.05) is 30.3 Å². The Morgan fingerprint density at radius 2 is 2.05 bits per heavy atom. The average Bonchev–Trinajstić information content (AvgIpc) is 2.74. The number of hydrogen-bond acceptors (Lipinski definition) is 3. The average molecular weight is 261 g/mol. The molecular weight excluding hydrogens is 238 g/mol. The lowest BCUT2D eigenvalue weighted by Gasteiger charge is -2.23. The number of nitrogens with two attached hydrogens (primary N) is 1. The van der Waals surface area contributed by atoms with Gasteiger partial charge in [0.05, 0.1) is 6.04 Å². The van der Waals surface area contributed by atoms with Crippen LogP contribution >= 0.6 is 0 Å². The highest BCUT2D eigenvalue weighted by molar-refractivity contribution is 5.81. The highest BCUT2D eigenvalue weighted by Crippen LogP contribution is 2.07. The topological polar surface area (TPSA) is 58.4 Å². The van der Waals surface area contributed by atoms with Crippen LogP contribution in [0.5, 0.6) is 0 Å². The van der Waals surface area contributed by atoms with Crippen molar-refractivity contribution in [1.29, 1.82) is 0 Å². The number of amides is 1. The molecule has 1 fully saturated rings. The molecular formula is C15H23N3O. The van der Waals surface area contributed by atoms with E-state index in [0.717, 1.165) is 39.0 Å². The van der Waals surface area contributed by atoms with Crippen LogP contribution in [0.25, 0.3) is 0 Å². The van der Waals surface area contributed by atoms with Crippen molar-refractivity contribution in [2.45, 2.75) is 25.3 Å². The molecule has 2 rings (SSSR count). The van der Waals surface area contributed by atoms with Crippen LogP contribution in [0.15, 0.2) is 30.3 Å². The van der Waals surface area contributed by atoms with E-state index in [9.17, 15) is 4.79 Å². The predicted molar refractivity (Wildman–Crippen MR) is 76.8 cm³/mol. The number of carbonyl (C=O) groups excluding carboxylic acids is 1. The van der Waals surface area contributed by atoms with Gasteiger partial charge in [0.25, 0.3) is 0 Å². The molecule has 19 heavy (non-hydrogen) atoms. The Morgan fingerprint density at radius 3 is 2.84 bits per heavy atom. The van der Waals surface area contributed by atoms with Gasteiger partial charge in [-0.15, -0.1) is 0 Å². The molecule has 104 valence electrons. The number of aryl methyl sites for hydroxylation is 1. The molecule has 0 bridgehead atoms. The molecule has 1 atom stereocenters. The number of hydrogen-bond donors (Lipinski definition) is 2. The summed E-state index contributed by atoms with van der Waals surface area (Å²) in [5.41, 5.74) is 7.27. The van der Waals surface area contributed by atoms with Crippen molar-refractivity contribution in [1.82, 2.24) is 10.2 Å². The van der Waals surface area contributed by atoms with Crippen LogP contribution in [0, 0.1) is 0 Å². The minimum absolute atomic E-state index is 0.0969. The van der Waals surface area contributed by atoms with Crippen molar-refractivity contribution in [2.24, 2.45) is 5.73 Å². The second-order valence-corrected chi connectivity index (χ2v) is 5.06. The molecule has 1 unspecified atom stereocenters. The van der Waals surface area contributed by atoms with Gasteiger partial charge in [0, 0.05) is 19.6 Å². The minimum atomic E-state index is -0.377. The van der Waals surface area contributed by atoms with E-state index in [4.69, 9.17) is 5.73 Å². The Bertz CT molecular complexity index is 386. The summed E-state index contributed by atoms with van der Waals surface area (Å²) < 4.78 is 0. The Morgan fingerprint density at radius 1 is 1.26 bits per heavy atom. The summed E-state index contributed by atoms with van der Waals surface area (Å²) in [4.78, 5) is 14.1. The predicted octanol–water partition coefficient (Wildman–Crippen LogP) is 0.768. The van der Waals surface area contributed by atoms with E-state index >= 15 is 0 Å². The van der Waals surface area contributed by atoms with Crippen molar-refractivity contribution in [2.75, 3.05) is 26.2 Å². The van der Waals surface area contributed by atoms with Crippen molar-refractivity contribution < 1.29 is 4.79 Å². The Hall–Kier alpha value is -1.39. The monoisotopic (exact) mass is 261 g/mol. The highest BCUT2D eigenvalue weighted by atomic mass is 16.2. The van der Waals surface area contributed by atoms with Crippen LogP contribution in [-0.4, -0.2) is 43.0 Å². The maximum absolute atomic E-state index is 12.2. The van der Waals surface area contributed by atoms with Crippen molar-refractivity contribution in [3.05, 3.63) is 35.9 Å². The fourth-order valence-electron chi connectivity index (χ4n) is 2.39. The van der Waals surface area contributed by atoms with Gasteiger partial charge in [0.1, 0.15) is 0 Å². The molecule has 1 amide bonds. The third-order valence-corrected chi connectivity index (χ3v) is 3.56. The first-order valence-electron chi connectivity index (χ1n) is 7.06. The molecule has 0 spiro atoms. The quantitative estimate of drug-likeness (QED) is 0.841. The molecule has 4 heteroatoms. The summed E-state index contributed by atoms with van der Waals surface area (Å²) in [6, 6.07) is 9.81. The molecule has 1 aromatic carbocycles. The van der Waals surface area contributed by atoms with E-state index in [1.54, 1.807) is 0 Å². The molecule has 4 nitrogen and oxygen atoms in total. The molecule has 1 heterocycles. The van der Waals surface area contributed by atoms with Crippen LogP contribution in [0.1, 0.15) is 18.4 Å². The van der Waals surface area contributed by atoms with Crippen molar-refractivity contribution in [3.8, 4) is 0 Å². The molecule has 1 aliphatic rings. The van der Waals surface area contributed by atoms with Crippen LogP contribution in [0.2, 0.25) is 0 Å². The lowest BCUT2D eigenvalue weighted by molar-refractivity contribution is -0.132. The van der Waals surface area contributed by atoms with Gasteiger partial charge in [-0.25, -0.2) is 0 Å². The van der Waals surface area contributed by atoms with E-state index in [0.29, 0.717) is 6.42 Å². The van der Waals surface area contributed by atoms with E-state index in [2.05, 4.69) is 17.4 Å². The van der Waals surface area contributed by atoms with Crippen LogP contribution < -0.4 is 11.1 Å². The van der Waals surface area contributed by atoms with E-state index < -0.39 is 0 Å². The fraction of sp³-hybridized carbons (Fsp3) is 0.533. The zero-order chi connectivity index (χ0) is 13.5. The van der Waals surface area contributed by atoms with E-state index in [1.165, 1.54) is 5.56 Å². The SMILES string of the molecule is NC(CCc1ccccc1)C(=O)N1CCCNCC1. The number of nitrogens with zero attached hydrogens (tertiary/aromatic N) is 1. The summed E-state index contributed by atoms with van der Waals surface area (Å²) in [5, 5.41) is 3.29. The number of benzene rings is 1. The number of rotatable bonds is 4. The van der Waals surface area contributed by atoms with Gasteiger partial charge in [-0.3, -0.25) is 4.79 Å². The summed E-state index contributed by atoms with van der Waals surface area (Å²) in [5.74, 6) is 0.0969. The molecule has 1 saturated heterocycles. The summed E-state index contributed by atoms with van der Waals surface area (Å²) >= 11 is 0. The van der Waals surface area contributed by atoms with E-state index in [-0.39, 0.29) is 11.9 Å². The van der Waals surface area contributed by atoms with Gasteiger partial charge >= 0.3 is 0 Å². The van der Waals surface area contributed by atoms with Gasteiger partial charge in [0.2, 0.25) is 5.91 Å². The Labute approximate surface area is 115 Å². The first-order valence-corrected chi connectivity index (χ1v) is 7.06. The highest BCUT2D eigenvalue weighted by Gasteiger charge is 2.21. The van der Waals surface area contributed by atoms with Gasteiger partial charge in [-0.2, -0.15) is 0 Å². The smallest absolute Gasteiger partial charge is 0.239 e.